The fourth-order valence-corrected chi connectivity index (χ4v) is 4.00. The molecule has 1 aliphatic heterocycles. The lowest BCUT2D eigenvalue weighted by atomic mass is 9.99. The van der Waals surface area contributed by atoms with Gasteiger partial charge in [-0.25, -0.2) is 4.98 Å². The maximum Gasteiger partial charge on any atom is 0.191 e. The van der Waals surface area contributed by atoms with Gasteiger partial charge in [-0.2, -0.15) is 0 Å². The zero-order valence-electron chi connectivity index (χ0n) is 16.0. The van der Waals surface area contributed by atoms with Crippen molar-refractivity contribution < 1.29 is 0 Å². The fourth-order valence-electron chi connectivity index (χ4n) is 3.14. The van der Waals surface area contributed by atoms with Gasteiger partial charge in [0.2, 0.25) is 0 Å². The Morgan fingerprint density at radius 2 is 2.28 bits per heavy atom. The number of hydrogen-bond acceptors (Lipinski definition) is 4. The van der Waals surface area contributed by atoms with Crippen molar-refractivity contribution in [1.82, 2.24) is 20.5 Å². The number of rotatable bonds is 7. The van der Waals surface area contributed by atoms with Gasteiger partial charge >= 0.3 is 0 Å². The van der Waals surface area contributed by atoms with E-state index in [0.717, 1.165) is 37.8 Å². The highest BCUT2D eigenvalue weighted by Gasteiger charge is 2.20. The van der Waals surface area contributed by atoms with Crippen LogP contribution >= 0.6 is 35.3 Å². The number of thiazole rings is 1. The minimum absolute atomic E-state index is 0. The minimum Gasteiger partial charge on any atom is -0.356 e. The van der Waals surface area contributed by atoms with Gasteiger partial charge in [0.05, 0.1) is 5.01 Å². The number of guanidine groups is 1. The Morgan fingerprint density at radius 3 is 2.92 bits per heavy atom. The van der Waals surface area contributed by atoms with Crippen LogP contribution in [0.25, 0.3) is 0 Å². The van der Waals surface area contributed by atoms with Crippen LogP contribution in [0, 0.1) is 5.92 Å². The summed E-state index contributed by atoms with van der Waals surface area (Å²) >= 11 is 1.81. The number of nitrogens with one attached hydrogen (secondary N) is 2. The molecule has 2 N–H and O–H groups in total. The van der Waals surface area contributed by atoms with Gasteiger partial charge in [0.15, 0.2) is 5.96 Å². The summed E-state index contributed by atoms with van der Waals surface area (Å²) in [5.74, 6) is 1.71. The quantitative estimate of drug-likeness (QED) is 0.359. The highest BCUT2D eigenvalue weighted by Crippen LogP contribution is 2.17. The summed E-state index contributed by atoms with van der Waals surface area (Å²) in [6, 6.07) is 0.539. The molecule has 2 atom stereocenters. The first kappa shape index (κ1) is 22.6. The Balaban J connectivity index is 0.00000312. The Kier molecular flexibility index (Phi) is 10.9. The highest BCUT2D eigenvalue weighted by molar-refractivity contribution is 14.0. The van der Waals surface area contributed by atoms with E-state index in [4.69, 9.17) is 0 Å². The lowest BCUT2D eigenvalue weighted by molar-refractivity contribution is 0.139. The van der Waals surface area contributed by atoms with Crippen molar-refractivity contribution in [2.75, 3.05) is 33.2 Å². The van der Waals surface area contributed by atoms with E-state index < -0.39 is 0 Å². The number of likely N-dealkylation sites (tertiary alicyclic amines) is 1. The first-order valence-electron chi connectivity index (χ1n) is 9.24. The van der Waals surface area contributed by atoms with Crippen LogP contribution in [-0.4, -0.2) is 55.1 Å². The van der Waals surface area contributed by atoms with Gasteiger partial charge in [0.1, 0.15) is 0 Å². The molecule has 0 radical (unpaired) electrons. The van der Waals surface area contributed by atoms with Gasteiger partial charge in [0.25, 0.3) is 0 Å². The van der Waals surface area contributed by atoms with Crippen molar-refractivity contribution >= 4 is 41.3 Å². The summed E-state index contributed by atoms with van der Waals surface area (Å²) in [6.07, 6.45) is 6.71. The van der Waals surface area contributed by atoms with Gasteiger partial charge in [0, 0.05) is 50.2 Å². The molecule has 2 unspecified atom stereocenters. The second-order valence-electron chi connectivity index (χ2n) is 6.80. The third-order valence-corrected chi connectivity index (χ3v) is 5.88. The number of aliphatic imine (C=N–C) groups is 1. The molecular weight excluding hydrogens is 445 g/mol. The van der Waals surface area contributed by atoms with E-state index >= 15 is 0 Å². The van der Waals surface area contributed by atoms with Gasteiger partial charge < -0.3 is 10.6 Å². The molecule has 0 aliphatic carbocycles. The molecule has 0 saturated carbocycles. The number of piperidine rings is 1. The van der Waals surface area contributed by atoms with Crippen LogP contribution in [0.1, 0.15) is 43.5 Å². The average molecular weight is 479 g/mol. The molecule has 144 valence electrons. The van der Waals surface area contributed by atoms with Crippen LogP contribution in [0.4, 0.5) is 0 Å². The zero-order valence-corrected chi connectivity index (χ0v) is 19.2. The predicted molar refractivity (Wildman–Crippen MR) is 119 cm³/mol. The third-order valence-electron chi connectivity index (χ3n) is 4.68. The molecule has 1 saturated heterocycles. The molecule has 0 bridgehead atoms. The molecule has 0 amide bonds. The molecule has 0 aromatic carbocycles. The molecular formula is C18H34IN5S. The van der Waals surface area contributed by atoms with Crippen LogP contribution < -0.4 is 10.6 Å². The van der Waals surface area contributed by atoms with Crippen molar-refractivity contribution in [1.29, 1.82) is 0 Å². The fraction of sp³-hybridized carbons (Fsp3) is 0.778. The van der Waals surface area contributed by atoms with E-state index in [2.05, 4.69) is 46.3 Å². The zero-order chi connectivity index (χ0) is 17.4. The average Bonchev–Trinajstić information content (AvgIpc) is 3.05. The summed E-state index contributed by atoms with van der Waals surface area (Å²) in [4.78, 5) is 12.7. The maximum absolute atomic E-state index is 4.46. The molecule has 5 nitrogen and oxygen atoms in total. The first-order valence-corrected chi connectivity index (χ1v) is 10.1. The van der Waals surface area contributed by atoms with Crippen LogP contribution in [0.15, 0.2) is 11.2 Å². The molecule has 2 heterocycles. The molecule has 2 rings (SSSR count). The second-order valence-corrected chi connectivity index (χ2v) is 7.99. The van der Waals surface area contributed by atoms with Crippen LogP contribution in [0.2, 0.25) is 0 Å². The normalized spacial score (nSPS) is 20.0. The highest BCUT2D eigenvalue weighted by atomic mass is 127. The molecule has 7 heteroatoms. The van der Waals surface area contributed by atoms with Gasteiger partial charge in [-0.05, 0) is 38.6 Å². The second kappa shape index (κ2) is 12.1. The molecule has 1 aromatic rings. The number of hydrogen-bond donors (Lipinski definition) is 2. The number of aryl methyl sites for hydroxylation is 1. The minimum atomic E-state index is 0. The van der Waals surface area contributed by atoms with E-state index in [1.165, 1.54) is 35.8 Å². The molecule has 0 spiro atoms. The summed E-state index contributed by atoms with van der Waals surface area (Å²) < 4.78 is 0. The SMILES string of the molecule is CCc1cnc(CCNC(=NC)NCC(C)N2CCCC(C)C2)s1.I. The van der Waals surface area contributed by atoms with Gasteiger partial charge in [-0.15, -0.1) is 35.3 Å². The van der Waals surface area contributed by atoms with Gasteiger partial charge in [-0.1, -0.05) is 13.8 Å². The monoisotopic (exact) mass is 479 g/mol. The lowest BCUT2D eigenvalue weighted by Crippen LogP contribution is -2.48. The number of aromatic nitrogens is 1. The van der Waals surface area contributed by atoms with Crippen molar-refractivity contribution in [2.24, 2.45) is 10.9 Å². The van der Waals surface area contributed by atoms with Crippen LogP contribution in [0.5, 0.6) is 0 Å². The standard InChI is InChI=1S/C18H33N5S.HI/c1-5-16-12-21-17(24-16)8-9-20-18(19-4)22-11-15(3)23-10-6-7-14(2)13-23;/h12,14-15H,5-11,13H2,1-4H3,(H2,19,20,22);1H. The van der Waals surface area contributed by atoms with Crippen molar-refractivity contribution in [3.8, 4) is 0 Å². The smallest absolute Gasteiger partial charge is 0.191 e. The maximum atomic E-state index is 4.46. The Bertz CT molecular complexity index is 519. The van der Waals surface area contributed by atoms with Gasteiger partial charge in [-0.3, -0.25) is 9.89 Å². The lowest BCUT2D eigenvalue weighted by Gasteiger charge is -2.35. The summed E-state index contributed by atoms with van der Waals surface area (Å²) in [6.45, 7) is 11.1. The number of nitrogens with zero attached hydrogens (tertiary/aromatic N) is 3. The van der Waals surface area contributed by atoms with Crippen molar-refractivity contribution in [3.63, 3.8) is 0 Å². The topological polar surface area (TPSA) is 52.6 Å². The predicted octanol–water partition coefficient (Wildman–Crippen LogP) is 3.15. The van der Waals surface area contributed by atoms with E-state index in [1.54, 1.807) is 0 Å². The Morgan fingerprint density at radius 1 is 1.48 bits per heavy atom. The molecule has 1 fully saturated rings. The first-order chi connectivity index (χ1) is 11.6. The summed E-state index contributed by atoms with van der Waals surface area (Å²) in [5, 5.41) is 8.06. The molecule has 25 heavy (non-hydrogen) atoms. The van der Waals surface area contributed by atoms with E-state index in [-0.39, 0.29) is 24.0 Å². The van der Waals surface area contributed by atoms with E-state index in [9.17, 15) is 0 Å². The Hall–Kier alpha value is -0.410. The third kappa shape index (κ3) is 7.78. The summed E-state index contributed by atoms with van der Waals surface area (Å²) in [7, 11) is 1.83. The van der Waals surface area contributed by atoms with Crippen molar-refractivity contribution in [2.45, 2.75) is 52.5 Å². The largest absolute Gasteiger partial charge is 0.356 e. The van der Waals surface area contributed by atoms with E-state index in [0.29, 0.717) is 6.04 Å². The number of halogens is 1. The summed E-state index contributed by atoms with van der Waals surface area (Å²) in [5.41, 5.74) is 0. The van der Waals surface area contributed by atoms with Crippen LogP contribution in [0.3, 0.4) is 0 Å². The van der Waals surface area contributed by atoms with Crippen LogP contribution in [-0.2, 0) is 12.8 Å². The molecule has 1 aromatic heterocycles. The molecule has 1 aliphatic rings. The van der Waals surface area contributed by atoms with Crippen molar-refractivity contribution in [3.05, 3.63) is 16.1 Å². The van der Waals surface area contributed by atoms with E-state index in [1.807, 2.05) is 24.6 Å². The Labute approximate surface area is 174 Å².